The molecule has 0 aromatic heterocycles. The van der Waals surface area contributed by atoms with Crippen LogP contribution in [0.25, 0.3) is 0 Å². The maximum atomic E-state index is 15.8. The molecule has 8 saturated heterocycles. The van der Waals surface area contributed by atoms with Crippen LogP contribution in [0.2, 0.25) is 0 Å². The summed E-state index contributed by atoms with van der Waals surface area (Å²) >= 11 is 0. The quantitative estimate of drug-likeness (QED) is 0.0575. The van der Waals surface area contributed by atoms with Gasteiger partial charge in [0, 0.05) is 154 Å². The summed E-state index contributed by atoms with van der Waals surface area (Å²) in [6.07, 6.45) is -3.60. The van der Waals surface area contributed by atoms with Gasteiger partial charge in [-0.15, -0.1) is 0 Å². The van der Waals surface area contributed by atoms with Gasteiger partial charge < -0.3 is 56.8 Å². The van der Waals surface area contributed by atoms with Crippen molar-refractivity contribution in [2.75, 3.05) is 88.9 Å². The predicted octanol–water partition coefficient (Wildman–Crippen LogP) is 12.2. The zero-order valence-electron chi connectivity index (χ0n) is 78.6. The molecule has 22 unspecified atom stereocenters. The van der Waals surface area contributed by atoms with Crippen molar-refractivity contribution in [1.29, 1.82) is 0 Å². The number of hydrogen-bond donors (Lipinski definition) is 0. The van der Waals surface area contributed by atoms with E-state index in [9.17, 15) is 0 Å². The minimum Gasteiger partial charge on any atom is -0.465 e. The van der Waals surface area contributed by atoms with E-state index in [0.717, 1.165) is 0 Å². The first kappa shape index (κ1) is 97.8. The highest BCUT2D eigenvalue weighted by Gasteiger charge is 2.71. The van der Waals surface area contributed by atoms with Gasteiger partial charge in [0.25, 0.3) is 0 Å². The zero-order valence-corrected chi connectivity index (χ0v) is 78.6. The lowest BCUT2D eigenvalue weighted by molar-refractivity contribution is -0.380. The van der Waals surface area contributed by atoms with Crippen molar-refractivity contribution in [3.05, 3.63) is 0 Å². The van der Waals surface area contributed by atoms with Crippen molar-refractivity contribution in [2.24, 2.45) is 75.4 Å². The molecule has 117 heavy (non-hydrogen) atoms. The number of likely N-dealkylation sites (tertiary alicyclic amines) is 6. The highest BCUT2D eigenvalue weighted by molar-refractivity contribution is 5.90. The normalized spacial score (nSPS) is 35.9. The van der Waals surface area contributed by atoms with E-state index in [0.29, 0.717) is 38.5 Å². The number of piperidine rings is 6. The molecular formula is C91H158N6O20. The van der Waals surface area contributed by atoms with Gasteiger partial charge in [-0.2, -0.15) is 0 Å². The summed E-state index contributed by atoms with van der Waals surface area (Å²) in [5, 5.41) is 0. The summed E-state index contributed by atoms with van der Waals surface area (Å²) in [7, 11) is 12.3. The molecule has 8 aliphatic rings. The second-order valence-corrected chi connectivity index (χ2v) is 43.0. The van der Waals surface area contributed by atoms with Crippen LogP contribution in [0, 0.1) is 75.4 Å². The van der Waals surface area contributed by atoms with Crippen molar-refractivity contribution in [3.63, 3.8) is 0 Å². The second kappa shape index (κ2) is 36.7. The Bertz CT molecular complexity index is 3270. The first-order valence-electron chi connectivity index (χ1n) is 43.9. The zero-order chi connectivity index (χ0) is 88.3. The van der Waals surface area contributed by atoms with Crippen molar-refractivity contribution in [2.45, 2.75) is 370 Å². The van der Waals surface area contributed by atoms with Crippen LogP contribution in [-0.2, 0) is 95.2 Å². The van der Waals surface area contributed by atoms with Gasteiger partial charge >= 0.3 is 47.8 Å². The molecule has 1 spiro atoms. The molecule has 8 heterocycles. The molecular weight excluding hydrogens is 1500 g/mol. The van der Waals surface area contributed by atoms with Crippen LogP contribution >= 0.6 is 0 Å². The van der Waals surface area contributed by atoms with E-state index in [2.05, 4.69) is 168 Å². The Labute approximate surface area is 703 Å². The number of hydrogen-bond acceptors (Lipinski definition) is 26. The Kier molecular flexibility index (Phi) is 30.6. The number of ether oxygens (including phenoxy) is 12. The lowest BCUT2D eigenvalue weighted by atomic mass is 9.49. The topological polar surface area (TPSA) is 267 Å². The molecule has 22 atom stereocenters. The molecule has 0 bridgehead atoms. The Hall–Kier alpha value is -4.64. The summed E-state index contributed by atoms with van der Waals surface area (Å²) < 4.78 is 78.3. The Morgan fingerprint density at radius 2 is 0.513 bits per heavy atom. The maximum Gasteiger partial charge on any atom is 0.310 e. The molecule has 8 fully saturated rings. The van der Waals surface area contributed by atoms with Crippen LogP contribution in [-0.4, -0.2) is 278 Å². The SMILES string of the molecule is CC1C(OC(=O)CC(C(=O)OC2CC(C)(C)N(C)C(C)C2C)C(CC(=O)OCC(C)(C)C2(C(C)(C)COC(=O)CC(C(=O)OC3CC(C)(C)N(C)C(C)C3C)C(CC(=O)OC3CC(C)(C)N(C)C(C)C3C)C(=O)OC3CC(C)(C)N(C)C(C)C3C)OCOCC23COCOC3)C(=O)OC2CC(C)(C)N(C)C(C)C2C)CC(C)(C)N(C)C1C. The maximum absolute atomic E-state index is 15.8. The number of carbonyl (C=O) groups excluding carboxylic acids is 8. The average Bonchev–Trinajstić information content (AvgIpc) is 0.692. The van der Waals surface area contributed by atoms with Crippen LogP contribution in [0.15, 0.2) is 0 Å². The van der Waals surface area contributed by atoms with Crippen molar-refractivity contribution >= 4 is 47.8 Å². The van der Waals surface area contributed by atoms with Crippen molar-refractivity contribution < 1.29 is 95.2 Å². The molecule has 26 heteroatoms. The van der Waals surface area contributed by atoms with Gasteiger partial charge in [-0.3, -0.25) is 67.8 Å². The first-order valence-corrected chi connectivity index (χ1v) is 43.9. The summed E-state index contributed by atoms with van der Waals surface area (Å²) in [5.41, 5.74) is -7.88. The lowest BCUT2D eigenvalue weighted by Crippen LogP contribution is -2.75. The van der Waals surface area contributed by atoms with E-state index >= 15 is 38.4 Å². The van der Waals surface area contributed by atoms with Gasteiger partial charge in [0.2, 0.25) is 0 Å². The number of carbonyl (C=O) groups is 8. The number of esters is 8. The summed E-state index contributed by atoms with van der Waals surface area (Å²) in [5.74, 6) is -14.0. The molecule has 26 nitrogen and oxygen atoms in total. The third kappa shape index (κ3) is 20.4. The van der Waals surface area contributed by atoms with Crippen LogP contribution in [0.3, 0.4) is 0 Å². The van der Waals surface area contributed by atoms with Gasteiger partial charge in [0.05, 0.1) is 93.4 Å². The molecule has 8 aliphatic heterocycles. The highest BCUT2D eigenvalue weighted by Crippen LogP contribution is 2.60. The van der Waals surface area contributed by atoms with E-state index in [1.165, 1.54) is 0 Å². The first-order chi connectivity index (χ1) is 53.7. The van der Waals surface area contributed by atoms with Crippen LogP contribution in [0.4, 0.5) is 0 Å². The lowest BCUT2D eigenvalue weighted by Gasteiger charge is -2.65. The van der Waals surface area contributed by atoms with E-state index in [-0.39, 0.29) is 116 Å². The van der Waals surface area contributed by atoms with Crippen molar-refractivity contribution in [1.82, 2.24) is 29.4 Å². The molecule has 672 valence electrons. The average molecular weight is 1660 g/mol. The van der Waals surface area contributed by atoms with E-state index in [1.807, 2.05) is 97.4 Å². The van der Waals surface area contributed by atoms with Crippen molar-refractivity contribution in [3.8, 4) is 0 Å². The molecule has 0 N–H and O–H groups in total. The molecule has 8 rings (SSSR count). The molecule has 0 amide bonds. The summed E-state index contributed by atoms with van der Waals surface area (Å²) in [4.78, 5) is 138. The van der Waals surface area contributed by atoms with E-state index in [4.69, 9.17) is 56.8 Å². The van der Waals surface area contributed by atoms with Gasteiger partial charge in [-0.05, 0) is 167 Å². The van der Waals surface area contributed by atoms with Crippen LogP contribution < -0.4 is 0 Å². The number of rotatable bonds is 26. The number of nitrogens with zero attached hydrogens (tertiary/aromatic N) is 6. The minimum absolute atomic E-state index is 0.0101. The van der Waals surface area contributed by atoms with Crippen LogP contribution in [0.1, 0.15) is 258 Å². The molecule has 0 radical (unpaired) electrons. The third-order valence-electron chi connectivity index (χ3n) is 32.5. The third-order valence-corrected chi connectivity index (χ3v) is 32.5. The summed E-state index contributed by atoms with van der Waals surface area (Å²) in [6, 6.07) is -0.115. The Morgan fingerprint density at radius 1 is 0.316 bits per heavy atom. The standard InChI is InChI=1S/C91H158N6O20/c1-52-58(7)92(29)84(17,18)39-68(52)112-76(100)37-66(80(104)116-72-43-88(25,26)96(33)62(11)56(72)5)64(78(102)114-70-41-86(21,22)94(31)60(9)54(70)3)35-74(98)109-45-82(13,14)91(90(49-108-51-111-91)47-106-50-107-48-90)83(15,16)46-110-75(99)36-65(79(103)115-71-42-87(23,24)95(32)61(10)55(71)4)67(81(105)117-73-44-89(27,28)97(34)63(12)57(73)6)38-77(101)113-69-40-85(19,20)93(30)59(8)53(69)2/h52-73H,35-51H2,1-34H3. The van der Waals surface area contributed by atoms with Gasteiger partial charge in [-0.1, -0.05) is 69.2 Å². The van der Waals surface area contributed by atoms with E-state index < -0.39 is 191 Å². The monoisotopic (exact) mass is 1660 g/mol. The van der Waals surface area contributed by atoms with Crippen LogP contribution in [0.5, 0.6) is 0 Å². The van der Waals surface area contributed by atoms with E-state index in [1.54, 1.807) is 0 Å². The molecule has 0 saturated carbocycles. The highest BCUT2D eigenvalue weighted by atomic mass is 16.7. The smallest absolute Gasteiger partial charge is 0.310 e. The fourth-order valence-corrected chi connectivity index (χ4v) is 21.8. The Morgan fingerprint density at radius 3 is 0.735 bits per heavy atom. The fourth-order valence-electron chi connectivity index (χ4n) is 21.8. The molecule has 0 aliphatic carbocycles. The molecule has 0 aromatic rings. The minimum atomic E-state index is -1.62. The van der Waals surface area contributed by atoms with Gasteiger partial charge in [0.15, 0.2) is 0 Å². The largest absolute Gasteiger partial charge is 0.465 e. The molecule has 0 aromatic carbocycles. The van der Waals surface area contributed by atoms with Gasteiger partial charge in [0.1, 0.15) is 50.2 Å². The second-order valence-electron chi connectivity index (χ2n) is 43.0. The Balaban J connectivity index is 1.16. The predicted molar refractivity (Wildman–Crippen MR) is 446 cm³/mol. The summed E-state index contributed by atoms with van der Waals surface area (Å²) in [6.45, 7) is 56.0. The van der Waals surface area contributed by atoms with Gasteiger partial charge in [-0.25, -0.2) is 0 Å². The fraction of sp³-hybridized carbons (Fsp3) is 0.912.